The van der Waals surface area contributed by atoms with Gasteiger partial charge in [0, 0.05) is 29.8 Å². The summed E-state index contributed by atoms with van der Waals surface area (Å²) in [6.45, 7) is 2.31. The Morgan fingerprint density at radius 1 is 1.13 bits per heavy atom. The van der Waals surface area contributed by atoms with E-state index in [0.717, 1.165) is 36.2 Å². The highest BCUT2D eigenvalue weighted by molar-refractivity contribution is 5.62. The van der Waals surface area contributed by atoms with E-state index in [1.54, 1.807) is 12.4 Å². The highest BCUT2D eigenvalue weighted by Crippen LogP contribution is 2.62. The first-order chi connectivity index (χ1) is 14.6. The van der Waals surface area contributed by atoms with Crippen LogP contribution in [0.3, 0.4) is 0 Å². The number of benzene rings is 1. The molecule has 0 saturated heterocycles. The molecule has 0 radical (unpaired) electrons. The lowest BCUT2D eigenvalue weighted by Crippen LogP contribution is -2.43. The predicted molar refractivity (Wildman–Crippen MR) is 116 cm³/mol. The van der Waals surface area contributed by atoms with Gasteiger partial charge in [-0.2, -0.15) is 5.10 Å². The number of pyridine rings is 1. The minimum atomic E-state index is -0.643. The molecule has 1 fully saturated rings. The monoisotopic (exact) mass is 401 g/mol. The normalized spacial score (nSPS) is 26.0. The van der Waals surface area contributed by atoms with Crippen LogP contribution < -0.4 is 0 Å². The highest BCUT2D eigenvalue weighted by Gasteiger charge is 2.56. The van der Waals surface area contributed by atoms with Gasteiger partial charge in [-0.3, -0.25) is 4.98 Å². The van der Waals surface area contributed by atoms with Gasteiger partial charge in [-0.25, -0.2) is 4.68 Å². The second kappa shape index (κ2) is 7.18. The molecular formula is C25H27N3O2. The fourth-order valence-electron chi connectivity index (χ4n) is 5.51. The molecule has 3 atom stereocenters. The minimum absolute atomic E-state index is 0.0559. The summed E-state index contributed by atoms with van der Waals surface area (Å²) >= 11 is 0. The van der Waals surface area contributed by atoms with Gasteiger partial charge in [0.25, 0.3) is 0 Å². The molecule has 2 aliphatic rings. The first-order valence-corrected chi connectivity index (χ1v) is 10.6. The average molecular weight is 402 g/mol. The van der Waals surface area contributed by atoms with Crippen molar-refractivity contribution in [2.75, 3.05) is 6.61 Å². The number of fused-ring (bicyclic) bond motifs is 2. The van der Waals surface area contributed by atoms with E-state index in [-0.39, 0.29) is 17.4 Å². The van der Waals surface area contributed by atoms with Gasteiger partial charge >= 0.3 is 0 Å². The summed E-state index contributed by atoms with van der Waals surface area (Å²) in [7, 11) is 0. The standard InChI is InChI=1S/C25H27N3O2/c1-24-13-19-16-27-28(21-7-3-2-4-8-21)22(19)12-20(24)9-10-25(24,17-29)14-23(30)18-6-5-11-26-15-18/h2-8,11-12,15-16,23,29-30H,9-10,13-14,17H2,1H3. The number of hydrogen-bond donors (Lipinski definition) is 2. The van der Waals surface area contributed by atoms with Crippen LogP contribution in [0.15, 0.2) is 66.6 Å². The van der Waals surface area contributed by atoms with E-state index in [4.69, 9.17) is 0 Å². The highest BCUT2D eigenvalue weighted by atomic mass is 16.3. The third-order valence-electron chi connectivity index (χ3n) is 7.45. The smallest absolute Gasteiger partial charge is 0.0811 e. The van der Waals surface area contributed by atoms with Crippen molar-refractivity contribution in [3.05, 3.63) is 83.4 Å². The molecule has 0 bridgehead atoms. The minimum Gasteiger partial charge on any atom is -0.396 e. The molecule has 154 valence electrons. The summed E-state index contributed by atoms with van der Waals surface area (Å²) in [6, 6.07) is 13.9. The van der Waals surface area contributed by atoms with Crippen LogP contribution in [0.5, 0.6) is 0 Å². The first kappa shape index (κ1) is 19.2. The number of hydrogen-bond acceptors (Lipinski definition) is 4. The molecule has 3 aromatic rings. The number of para-hydroxylation sites is 1. The summed E-state index contributed by atoms with van der Waals surface area (Å²) in [5.41, 5.74) is 4.96. The topological polar surface area (TPSA) is 71.2 Å². The molecule has 3 unspecified atom stereocenters. The third kappa shape index (κ3) is 2.84. The van der Waals surface area contributed by atoms with Crippen LogP contribution in [-0.2, 0) is 6.42 Å². The van der Waals surface area contributed by atoms with E-state index in [1.807, 2.05) is 41.2 Å². The SMILES string of the molecule is CC12Cc3cnn(-c4ccccc4)c3C=C1CCC2(CO)CC(O)c1cccnc1. The van der Waals surface area contributed by atoms with Gasteiger partial charge in [-0.15, -0.1) is 0 Å². The molecule has 30 heavy (non-hydrogen) atoms. The van der Waals surface area contributed by atoms with E-state index >= 15 is 0 Å². The summed E-state index contributed by atoms with van der Waals surface area (Å²) in [5, 5.41) is 26.2. The summed E-state index contributed by atoms with van der Waals surface area (Å²) in [4.78, 5) is 4.14. The van der Waals surface area contributed by atoms with Gasteiger partial charge in [0.2, 0.25) is 0 Å². The van der Waals surface area contributed by atoms with Crippen molar-refractivity contribution in [1.82, 2.24) is 14.8 Å². The Morgan fingerprint density at radius 2 is 1.97 bits per heavy atom. The maximum atomic E-state index is 10.9. The number of rotatable bonds is 5. The average Bonchev–Trinajstić information content (AvgIpc) is 3.31. The largest absolute Gasteiger partial charge is 0.396 e. The number of nitrogens with zero attached hydrogens (tertiary/aromatic N) is 3. The van der Waals surface area contributed by atoms with Crippen LogP contribution in [0.4, 0.5) is 0 Å². The molecule has 1 aromatic carbocycles. The van der Waals surface area contributed by atoms with Crippen molar-refractivity contribution in [3.63, 3.8) is 0 Å². The Bertz CT molecular complexity index is 1080. The van der Waals surface area contributed by atoms with E-state index in [2.05, 4.69) is 35.2 Å². The molecule has 2 aromatic heterocycles. The van der Waals surface area contributed by atoms with Crippen molar-refractivity contribution in [3.8, 4) is 5.69 Å². The van der Waals surface area contributed by atoms with Gasteiger partial charge < -0.3 is 10.2 Å². The second-order valence-electron chi connectivity index (χ2n) is 8.93. The lowest BCUT2D eigenvalue weighted by atomic mass is 9.59. The van der Waals surface area contributed by atoms with Crippen molar-refractivity contribution >= 4 is 6.08 Å². The molecule has 1 saturated carbocycles. The lowest BCUT2D eigenvalue weighted by molar-refractivity contribution is -0.0139. The lowest BCUT2D eigenvalue weighted by Gasteiger charge is -2.46. The maximum Gasteiger partial charge on any atom is 0.0811 e. The zero-order valence-electron chi connectivity index (χ0n) is 17.2. The van der Waals surface area contributed by atoms with E-state index < -0.39 is 6.10 Å². The van der Waals surface area contributed by atoms with E-state index in [0.29, 0.717) is 6.42 Å². The van der Waals surface area contributed by atoms with Crippen molar-refractivity contribution in [2.24, 2.45) is 10.8 Å². The molecule has 2 heterocycles. The molecule has 0 aliphatic heterocycles. The summed E-state index contributed by atoms with van der Waals surface area (Å²) < 4.78 is 2.01. The Hall–Kier alpha value is -2.76. The van der Waals surface area contributed by atoms with Gasteiger partial charge in [0.1, 0.15) is 0 Å². The zero-order valence-corrected chi connectivity index (χ0v) is 17.2. The number of aliphatic hydroxyl groups is 2. The quantitative estimate of drug-likeness (QED) is 0.675. The van der Waals surface area contributed by atoms with E-state index in [1.165, 1.54) is 11.1 Å². The Kier molecular flexibility index (Phi) is 4.60. The molecule has 0 spiro atoms. The molecule has 5 heteroatoms. The van der Waals surface area contributed by atoms with Crippen LogP contribution in [0.2, 0.25) is 0 Å². The maximum absolute atomic E-state index is 10.9. The molecular weight excluding hydrogens is 374 g/mol. The number of aromatic nitrogens is 3. The van der Waals surface area contributed by atoms with Crippen LogP contribution in [0.1, 0.15) is 49.1 Å². The third-order valence-corrected chi connectivity index (χ3v) is 7.45. The Morgan fingerprint density at radius 3 is 2.70 bits per heavy atom. The van der Waals surface area contributed by atoms with Crippen LogP contribution in [0, 0.1) is 10.8 Å². The summed E-state index contributed by atoms with van der Waals surface area (Å²) in [6.07, 6.45) is 10.1. The van der Waals surface area contributed by atoms with Crippen molar-refractivity contribution in [2.45, 2.75) is 38.7 Å². The zero-order chi connectivity index (χ0) is 20.8. The molecule has 0 amide bonds. The van der Waals surface area contributed by atoms with E-state index in [9.17, 15) is 10.2 Å². The second-order valence-corrected chi connectivity index (χ2v) is 8.93. The van der Waals surface area contributed by atoms with Crippen molar-refractivity contribution < 1.29 is 10.2 Å². The van der Waals surface area contributed by atoms with Crippen LogP contribution in [-0.4, -0.2) is 31.6 Å². The molecule has 2 N–H and O–H groups in total. The molecule has 5 rings (SSSR count). The van der Waals surface area contributed by atoms with Gasteiger partial charge in [0.05, 0.1) is 23.7 Å². The number of allylic oxidation sites excluding steroid dienone is 1. The van der Waals surface area contributed by atoms with Crippen LogP contribution in [0.25, 0.3) is 11.8 Å². The van der Waals surface area contributed by atoms with Gasteiger partial charge in [0.15, 0.2) is 0 Å². The van der Waals surface area contributed by atoms with Gasteiger partial charge in [-0.05, 0) is 61.1 Å². The number of aliphatic hydroxyl groups excluding tert-OH is 2. The molecule has 5 nitrogen and oxygen atoms in total. The van der Waals surface area contributed by atoms with Crippen LogP contribution >= 0.6 is 0 Å². The van der Waals surface area contributed by atoms with Crippen molar-refractivity contribution in [1.29, 1.82) is 0 Å². The Balaban J connectivity index is 1.50. The first-order valence-electron chi connectivity index (χ1n) is 10.6. The molecule has 2 aliphatic carbocycles. The fourth-order valence-corrected chi connectivity index (χ4v) is 5.51. The van der Waals surface area contributed by atoms with Gasteiger partial charge in [-0.1, -0.05) is 36.8 Å². The predicted octanol–water partition coefficient (Wildman–Crippen LogP) is 4.11. The Labute approximate surface area is 176 Å². The summed E-state index contributed by atoms with van der Waals surface area (Å²) in [5.74, 6) is 0. The fraction of sp³-hybridized carbons (Fsp3) is 0.360.